The van der Waals surface area contributed by atoms with Gasteiger partial charge in [-0.25, -0.2) is 0 Å². The molecular formula is C19H29NO2. The van der Waals surface area contributed by atoms with Crippen molar-refractivity contribution in [2.45, 2.75) is 39.2 Å². The number of hydrogen-bond donors (Lipinski definition) is 1. The fourth-order valence-corrected chi connectivity index (χ4v) is 3.99. The lowest BCUT2D eigenvalue weighted by Crippen LogP contribution is -2.41. The zero-order chi connectivity index (χ0) is 15.4. The summed E-state index contributed by atoms with van der Waals surface area (Å²) < 4.78 is 5.62. The highest BCUT2D eigenvalue weighted by Crippen LogP contribution is 2.42. The number of aryl methyl sites for hydroxylation is 1. The van der Waals surface area contributed by atoms with Crippen LogP contribution in [0.25, 0.3) is 0 Å². The van der Waals surface area contributed by atoms with Crippen LogP contribution < -0.4 is 0 Å². The van der Waals surface area contributed by atoms with Crippen LogP contribution in [0.5, 0.6) is 0 Å². The molecule has 2 atom stereocenters. The number of aliphatic hydroxyl groups is 1. The van der Waals surface area contributed by atoms with Gasteiger partial charge in [0.25, 0.3) is 0 Å². The molecule has 3 nitrogen and oxygen atoms in total. The molecule has 0 unspecified atom stereocenters. The molecule has 3 rings (SSSR count). The van der Waals surface area contributed by atoms with Gasteiger partial charge >= 0.3 is 0 Å². The summed E-state index contributed by atoms with van der Waals surface area (Å²) in [7, 11) is 0. The molecule has 2 aliphatic rings. The summed E-state index contributed by atoms with van der Waals surface area (Å²) in [5, 5.41) is 9.87. The third-order valence-corrected chi connectivity index (χ3v) is 5.51. The highest BCUT2D eigenvalue weighted by atomic mass is 16.5. The molecule has 1 aromatic rings. The van der Waals surface area contributed by atoms with Gasteiger partial charge in [0.05, 0.1) is 13.2 Å². The first-order valence-corrected chi connectivity index (χ1v) is 8.74. The number of rotatable bonds is 6. The number of unbranched alkanes of at least 4 members (excludes halogenated alkanes) is 1. The number of ether oxygens (including phenoxy) is 1. The van der Waals surface area contributed by atoms with E-state index in [0.717, 1.165) is 39.3 Å². The molecular weight excluding hydrogens is 274 g/mol. The molecule has 2 heterocycles. The summed E-state index contributed by atoms with van der Waals surface area (Å²) in [6.07, 6.45) is 4.71. The van der Waals surface area contributed by atoms with Gasteiger partial charge in [0.2, 0.25) is 0 Å². The largest absolute Gasteiger partial charge is 0.396 e. The first-order valence-electron chi connectivity index (χ1n) is 8.74. The minimum absolute atomic E-state index is 0.0827. The fraction of sp³-hybridized carbons (Fsp3) is 0.684. The Morgan fingerprint density at radius 1 is 1.27 bits per heavy atom. The Labute approximate surface area is 134 Å². The lowest BCUT2D eigenvalue weighted by Gasteiger charge is -2.36. The SMILES string of the molecule is CCCCc1ccc(CN2C[C@@H]3COCC[C@]3(CO)C2)cc1. The Balaban J connectivity index is 1.59. The van der Waals surface area contributed by atoms with Crippen LogP contribution in [0.3, 0.4) is 0 Å². The van der Waals surface area contributed by atoms with Crippen molar-refractivity contribution < 1.29 is 9.84 Å². The molecule has 0 radical (unpaired) electrons. The quantitative estimate of drug-likeness (QED) is 0.877. The van der Waals surface area contributed by atoms with Crippen molar-refractivity contribution in [3.8, 4) is 0 Å². The van der Waals surface area contributed by atoms with E-state index >= 15 is 0 Å². The van der Waals surface area contributed by atoms with Gasteiger partial charge in [-0.2, -0.15) is 0 Å². The van der Waals surface area contributed by atoms with Gasteiger partial charge in [0, 0.05) is 37.6 Å². The van der Waals surface area contributed by atoms with Crippen molar-refractivity contribution in [1.29, 1.82) is 0 Å². The van der Waals surface area contributed by atoms with Crippen molar-refractivity contribution >= 4 is 0 Å². The summed E-state index contributed by atoms with van der Waals surface area (Å²) in [6.45, 7) is 7.21. The summed E-state index contributed by atoms with van der Waals surface area (Å²) in [4.78, 5) is 2.50. The maximum atomic E-state index is 9.87. The van der Waals surface area contributed by atoms with E-state index in [0.29, 0.717) is 12.5 Å². The Morgan fingerprint density at radius 2 is 2.05 bits per heavy atom. The number of fused-ring (bicyclic) bond motifs is 1. The number of aliphatic hydroxyl groups excluding tert-OH is 1. The molecule has 0 amide bonds. The predicted molar refractivity (Wildman–Crippen MR) is 88.8 cm³/mol. The molecule has 0 saturated carbocycles. The molecule has 2 saturated heterocycles. The molecule has 1 aromatic carbocycles. The van der Waals surface area contributed by atoms with Crippen LogP contribution >= 0.6 is 0 Å². The highest BCUT2D eigenvalue weighted by Gasteiger charge is 2.47. The van der Waals surface area contributed by atoms with E-state index in [9.17, 15) is 5.11 Å². The van der Waals surface area contributed by atoms with Crippen molar-refractivity contribution in [2.75, 3.05) is 32.9 Å². The zero-order valence-electron chi connectivity index (χ0n) is 13.8. The smallest absolute Gasteiger partial charge is 0.0513 e. The second kappa shape index (κ2) is 7.12. The highest BCUT2D eigenvalue weighted by molar-refractivity contribution is 5.23. The van der Waals surface area contributed by atoms with Crippen molar-refractivity contribution in [3.05, 3.63) is 35.4 Å². The average Bonchev–Trinajstić information content (AvgIpc) is 2.92. The normalized spacial score (nSPS) is 28.7. The number of benzene rings is 1. The first kappa shape index (κ1) is 16.0. The fourth-order valence-electron chi connectivity index (χ4n) is 3.99. The number of likely N-dealkylation sites (tertiary alicyclic amines) is 1. The van der Waals surface area contributed by atoms with Gasteiger partial charge in [-0.3, -0.25) is 4.90 Å². The third kappa shape index (κ3) is 3.37. The van der Waals surface area contributed by atoms with Gasteiger partial charge in [-0.05, 0) is 30.4 Å². The number of nitrogens with zero attached hydrogens (tertiary/aromatic N) is 1. The van der Waals surface area contributed by atoms with Crippen molar-refractivity contribution in [2.24, 2.45) is 11.3 Å². The Hall–Kier alpha value is -0.900. The minimum atomic E-state index is 0.0827. The molecule has 0 bridgehead atoms. The first-order chi connectivity index (χ1) is 10.8. The maximum absolute atomic E-state index is 9.87. The van der Waals surface area contributed by atoms with Crippen LogP contribution in [0.4, 0.5) is 0 Å². The molecule has 22 heavy (non-hydrogen) atoms. The Kier molecular flexibility index (Phi) is 5.17. The van der Waals surface area contributed by atoms with Gasteiger partial charge < -0.3 is 9.84 Å². The standard InChI is InChI=1S/C19H29NO2/c1-2-3-4-16-5-7-17(8-6-16)11-20-12-18-13-22-10-9-19(18,14-20)15-21/h5-8,18,21H,2-4,9-15H2,1H3/t18-,19-/m1/s1. The van der Waals surface area contributed by atoms with Gasteiger partial charge in [0.15, 0.2) is 0 Å². The lowest BCUT2D eigenvalue weighted by molar-refractivity contribution is -0.0417. The van der Waals surface area contributed by atoms with E-state index in [-0.39, 0.29) is 5.41 Å². The molecule has 0 spiro atoms. The van der Waals surface area contributed by atoms with E-state index < -0.39 is 0 Å². The van der Waals surface area contributed by atoms with Crippen LogP contribution in [-0.4, -0.2) is 42.9 Å². The minimum Gasteiger partial charge on any atom is -0.396 e. The van der Waals surface area contributed by atoms with Crippen LogP contribution in [-0.2, 0) is 17.7 Å². The van der Waals surface area contributed by atoms with Crippen LogP contribution in [0.15, 0.2) is 24.3 Å². The van der Waals surface area contributed by atoms with Gasteiger partial charge in [0.1, 0.15) is 0 Å². The molecule has 0 aliphatic carbocycles. The molecule has 2 fully saturated rings. The Morgan fingerprint density at radius 3 is 2.73 bits per heavy atom. The third-order valence-electron chi connectivity index (χ3n) is 5.51. The molecule has 3 heteroatoms. The van der Waals surface area contributed by atoms with E-state index in [1.54, 1.807) is 0 Å². The number of hydrogen-bond acceptors (Lipinski definition) is 3. The van der Waals surface area contributed by atoms with Gasteiger partial charge in [-0.15, -0.1) is 0 Å². The lowest BCUT2D eigenvalue weighted by atomic mass is 9.75. The van der Waals surface area contributed by atoms with Crippen molar-refractivity contribution in [3.63, 3.8) is 0 Å². The summed E-state index contributed by atoms with van der Waals surface area (Å²) in [5.41, 5.74) is 2.91. The van der Waals surface area contributed by atoms with Crippen molar-refractivity contribution in [1.82, 2.24) is 4.90 Å². The molecule has 0 aromatic heterocycles. The second-order valence-electron chi connectivity index (χ2n) is 7.13. The molecule has 122 valence electrons. The average molecular weight is 303 g/mol. The summed E-state index contributed by atoms with van der Waals surface area (Å²) in [6, 6.07) is 9.10. The van der Waals surface area contributed by atoms with Gasteiger partial charge in [-0.1, -0.05) is 37.6 Å². The van der Waals surface area contributed by atoms with Crippen LogP contribution in [0, 0.1) is 11.3 Å². The van der Waals surface area contributed by atoms with E-state index in [1.807, 2.05) is 0 Å². The van der Waals surface area contributed by atoms with E-state index in [1.165, 1.54) is 30.4 Å². The van der Waals surface area contributed by atoms with E-state index in [4.69, 9.17) is 4.74 Å². The van der Waals surface area contributed by atoms with E-state index in [2.05, 4.69) is 36.1 Å². The maximum Gasteiger partial charge on any atom is 0.0513 e. The summed E-state index contributed by atoms with van der Waals surface area (Å²) in [5.74, 6) is 0.495. The predicted octanol–water partition coefficient (Wildman–Crippen LogP) is 2.86. The van der Waals surface area contributed by atoms with Crippen LogP contribution in [0.1, 0.15) is 37.3 Å². The Bertz CT molecular complexity index is 473. The topological polar surface area (TPSA) is 32.7 Å². The monoisotopic (exact) mass is 303 g/mol. The second-order valence-corrected chi connectivity index (χ2v) is 7.13. The zero-order valence-corrected chi connectivity index (χ0v) is 13.8. The summed E-state index contributed by atoms with van der Waals surface area (Å²) >= 11 is 0. The van der Waals surface area contributed by atoms with Crippen LogP contribution in [0.2, 0.25) is 0 Å². The molecule has 2 aliphatic heterocycles. The molecule has 1 N–H and O–H groups in total.